The number of nitrogens with zero attached hydrogens (tertiary/aromatic N) is 1. The summed E-state index contributed by atoms with van der Waals surface area (Å²) in [5.41, 5.74) is 6.55. The molecule has 5 nitrogen and oxygen atoms in total. The van der Waals surface area contributed by atoms with Crippen molar-refractivity contribution in [1.29, 1.82) is 0 Å². The van der Waals surface area contributed by atoms with Gasteiger partial charge in [0.2, 0.25) is 11.8 Å². The second-order valence-corrected chi connectivity index (χ2v) is 3.97. The number of rotatable bonds is 5. The summed E-state index contributed by atoms with van der Waals surface area (Å²) in [6, 6.07) is 10.3. The number of pyridine rings is 1. The van der Waals surface area contributed by atoms with Crippen LogP contribution in [0.3, 0.4) is 0 Å². The second kappa shape index (κ2) is 5.97. The number of carbonyl (C=O) groups is 1. The molecule has 98 valence electrons. The molecule has 0 aliphatic heterocycles. The molecule has 19 heavy (non-hydrogen) atoms. The number of hydrogen-bond donors (Lipinski definition) is 2. The van der Waals surface area contributed by atoms with E-state index in [1.54, 1.807) is 12.1 Å². The van der Waals surface area contributed by atoms with E-state index in [1.165, 1.54) is 18.3 Å². The molecule has 2 aromatic rings. The van der Waals surface area contributed by atoms with Crippen LogP contribution in [0.15, 0.2) is 42.6 Å². The summed E-state index contributed by atoms with van der Waals surface area (Å²) in [7, 11) is 0. The molecule has 0 aliphatic carbocycles. The Morgan fingerprint density at radius 3 is 2.63 bits per heavy atom. The Labute approximate surface area is 110 Å². The molecule has 1 aromatic carbocycles. The molecule has 0 bridgehead atoms. The van der Waals surface area contributed by atoms with Crippen LogP contribution in [0.25, 0.3) is 0 Å². The first kappa shape index (κ1) is 13.0. The van der Waals surface area contributed by atoms with E-state index >= 15 is 0 Å². The second-order valence-electron chi connectivity index (χ2n) is 3.97. The first-order valence-electron chi connectivity index (χ1n) is 5.82. The third-order valence-corrected chi connectivity index (χ3v) is 2.57. The van der Waals surface area contributed by atoms with Crippen LogP contribution in [0.5, 0.6) is 11.6 Å². The first-order chi connectivity index (χ1) is 9.19. The van der Waals surface area contributed by atoms with E-state index in [4.69, 9.17) is 15.6 Å². The van der Waals surface area contributed by atoms with Gasteiger partial charge in [0.15, 0.2) is 0 Å². The summed E-state index contributed by atoms with van der Waals surface area (Å²) in [6.45, 7) is 0.114. The molecule has 1 heterocycles. The largest absolute Gasteiger partial charge is 0.439 e. The number of hydrogen-bond acceptors (Lipinski definition) is 4. The van der Waals surface area contributed by atoms with Crippen molar-refractivity contribution in [3.8, 4) is 11.6 Å². The number of aromatic nitrogens is 1. The highest BCUT2D eigenvalue weighted by molar-refractivity contribution is 5.92. The van der Waals surface area contributed by atoms with Gasteiger partial charge in [-0.3, -0.25) is 4.79 Å². The molecule has 0 atom stereocenters. The highest BCUT2D eigenvalue weighted by Gasteiger charge is 2.04. The molecule has 0 spiro atoms. The lowest BCUT2D eigenvalue weighted by Crippen LogP contribution is -2.10. The van der Waals surface area contributed by atoms with Gasteiger partial charge in [0.1, 0.15) is 5.75 Å². The zero-order valence-electron chi connectivity index (χ0n) is 10.2. The van der Waals surface area contributed by atoms with Crippen molar-refractivity contribution in [2.75, 3.05) is 6.61 Å². The fourth-order valence-electron chi connectivity index (χ4n) is 1.59. The van der Waals surface area contributed by atoms with Gasteiger partial charge in [-0.25, -0.2) is 4.98 Å². The van der Waals surface area contributed by atoms with Crippen LogP contribution in [-0.4, -0.2) is 22.6 Å². The average molecular weight is 258 g/mol. The molecule has 1 amide bonds. The van der Waals surface area contributed by atoms with Gasteiger partial charge in [-0.15, -0.1) is 0 Å². The van der Waals surface area contributed by atoms with Crippen LogP contribution in [-0.2, 0) is 6.42 Å². The van der Waals surface area contributed by atoms with Crippen molar-refractivity contribution in [2.24, 2.45) is 5.73 Å². The first-order valence-corrected chi connectivity index (χ1v) is 5.82. The summed E-state index contributed by atoms with van der Waals surface area (Å²) in [6.07, 6.45) is 2.07. The maximum Gasteiger partial charge on any atom is 0.248 e. The average Bonchev–Trinajstić information content (AvgIpc) is 2.42. The van der Waals surface area contributed by atoms with Crippen molar-refractivity contribution in [3.05, 3.63) is 53.7 Å². The number of aliphatic hydroxyl groups is 1. The topological polar surface area (TPSA) is 85.4 Å². The SMILES string of the molecule is NC(=O)c1ccnc(Oc2ccc(CCO)cc2)c1. The number of aliphatic hydroxyl groups excluding tert-OH is 1. The molecule has 0 saturated heterocycles. The predicted molar refractivity (Wildman–Crippen MR) is 70.1 cm³/mol. The molecule has 0 unspecified atom stereocenters. The summed E-state index contributed by atoms with van der Waals surface area (Å²) in [5.74, 6) is 0.396. The third-order valence-electron chi connectivity index (χ3n) is 2.57. The zero-order chi connectivity index (χ0) is 13.7. The van der Waals surface area contributed by atoms with Crippen molar-refractivity contribution < 1.29 is 14.6 Å². The molecule has 5 heteroatoms. The van der Waals surface area contributed by atoms with Gasteiger partial charge < -0.3 is 15.6 Å². The Morgan fingerprint density at radius 1 is 1.26 bits per heavy atom. The fourth-order valence-corrected chi connectivity index (χ4v) is 1.59. The summed E-state index contributed by atoms with van der Waals surface area (Å²) >= 11 is 0. The molecule has 0 radical (unpaired) electrons. The van der Waals surface area contributed by atoms with Gasteiger partial charge in [-0.05, 0) is 30.2 Å². The maximum absolute atomic E-state index is 11.0. The van der Waals surface area contributed by atoms with E-state index in [-0.39, 0.29) is 6.61 Å². The number of amides is 1. The highest BCUT2D eigenvalue weighted by Crippen LogP contribution is 2.20. The Hall–Kier alpha value is -2.40. The molecule has 1 aromatic heterocycles. The number of nitrogens with two attached hydrogens (primary N) is 1. The van der Waals surface area contributed by atoms with Crippen LogP contribution in [0.2, 0.25) is 0 Å². The van der Waals surface area contributed by atoms with Crippen molar-refractivity contribution in [3.63, 3.8) is 0 Å². The van der Waals surface area contributed by atoms with Gasteiger partial charge in [-0.1, -0.05) is 12.1 Å². The molecular weight excluding hydrogens is 244 g/mol. The van der Waals surface area contributed by atoms with Crippen molar-refractivity contribution in [1.82, 2.24) is 4.98 Å². The van der Waals surface area contributed by atoms with E-state index in [0.717, 1.165) is 5.56 Å². The fraction of sp³-hybridized carbons (Fsp3) is 0.143. The smallest absolute Gasteiger partial charge is 0.248 e. The summed E-state index contributed by atoms with van der Waals surface area (Å²) < 4.78 is 5.52. The third kappa shape index (κ3) is 3.53. The molecule has 2 rings (SSSR count). The zero-order valence-corrected chi connectivity index (χ0v) is 10.2. The summed E-state index contributed by atoms with van der Waals surface area (Å²) in [5, 5.41) is 8.82. The van der Waals surface area contributed by atoms with Gasteiger partial charge >= 0.3 is 0 Å². The van der Waals surface area contributed by atoms with E-state index < -0.39 is 5.91 Å². The molecule has 3 N–H and O–H groups in total. The van der Waals surface area contributed by atoms with E-state index in [0.29, 0.717) is 23.6 Å². The van der Waals surface area contributed by atoms with Gasteiger partial charge in [0.25, 0.3) is 0 Å². The van der Waals surface area contributed by atoms with E-state index in [2.05, 4.69) is 4.98 Å². The molecule has 0 aliphatic rings. The Kier molecular flexibility index (Phi) is 4.10. The Morgan fingerprint density at radius 2 is 2.00 bits per heavy atom. The lowest BCUT2D eigenvalue weighted by atomic mass is 10.1. The molecule has 0 fully saturated rings. The van der Waals surface area contributed by atoms with Gasteiger partial charge in [-0.2, -0.15) is 0 Å². The number of benzene rings is 1. The minimum Gasteiger partial charge on any atom is -0.439 e. The quantitative estimate of drug-likeness (QED) is 0.851. The lowest BCUT2D eigenvalue weighted by molar-refractivity contribution is 0.1000. The Bertz CT molecular complexity index is 567. The standard InChI is InChI=1S/C14H14N2O3/c15-14(18)11-5-7-16-13(9-11)19-12-3-1-10(2-4-12)6-8-17/h1-5,7,9,17H,6,8H2,(H2,15,18). The number of ether oxygens (including phenoxy) is 1. The van der Waals surface area contributed by atoms with Gasteiger partial charge in [0.05, 0.1) is 0 Å². The molecule has 0 saturated carbocycles. The number of primary amides is 1. The van der Waals surface area contributed by atoms with Crippen LogP contribution in [0, 0.1) is 0 Å². The maximum atomic E-state index is 11.0. The highest BCUT2D eigenvalue weighted by atomic mass is 16.5. The lowest BCUT2D eigenvalue weighted by Gasteiger charge is -2.06. The molecular formula is C14H14N2O3. The van der Waals surface area contributed by atoms with Crippen LogP contribution in [0.1, 0.15) is 15.9 Å². The minimum absolute atomic E-state index is 0.114. The van der Waals surface area contributed by atoms with Crippen molar-refractivity contribution in [2.45, 2.75) is 6.42 Å². The van der Waals surface area contributed by atoms with Crippen LogP contribution >= 0.6 is 0 Å². The minimum atomic E-state index is -0.523. The van der Waals surface area contributed by atoms with E-state index in [1.807, 2.05) is 12.1 Å². The van der Waals surface area contributed by atoms with E-state index in [9.17, 15) is 4.79 Å². The Balaban J connectivity index is 2.12. The van der Waals surface area contributed by atoms with Gasteiger partial charge in [0, 0.05) is 24.4 Å². The number of carbonyl (C=O) groups excluding carboxylic acids is 1. The summed E-state index contributed by atoms with van der Waals surface area (Å²) in [4.78, 5) is 15.0. The monoisotopic (exact) mass is 258 g/mol. The predicted octanol–water partition coefficient (Wildman–Crippen LogP) is 1.51. The normalized spacial score (nSPS) is 10.2. The van der Waals surface area contributed by atoms with Crippen molar-refractivity contribution >= 4 is 5.91 Å². The van der Waals surface area contributed by atoms with Crippen LogP contribution in [0.4, 0.5) is 0 Å². The van der Waals surface area contributed by atoms with Crippen LogP contribution < -0.4 is 10.5 Å².